The number of carbonyl (C=O) groups excluding carboxylic acids is 1. The number of aromatic nitrogens is 1. The minimum Gasteiger partial charge on any atom is -0.324 e. The molecule has 0 aliphatic carbocycles. The third-order valence-electron chi connectivity index (χ3n) is 3.15. The smallest absolute Gasteiger partial charge is 0.323 e. The Morgan fingerprint density at radius 3 is 2.23 bits per heavy atom. The second kappa shape index (κ2) is 6.49. The molecule has 3 rings (SSSR count). The number of nitrogens with one attached hydrogen (secondary N) is 2. The van der Waals surface area contributed by atoms with E-state index in [0.29, 0.717) is 0 Å². The Labute approximate surface area is 136 Å². The highest BCUT2D eigenvalue weighted by atomic mass is 79.9. The molecule has 0 spiro atoms. The molecular formula is C17H14BrN3O. The van der Waals surface area contributed by atoms with Crippen LogP contribution >= 0.6 is 15.9 Å². The first kappa shape index (κ1) is 14.4. The van der Waals surface area contributed by atoms with Crippen LogP contribution in [0, 0.1) is 0 Å². The van der Waals surface area contributed by atoms with Crippen LogP contribution in [-0.4, -0.2) is 10.6 Å². The molecule has 0 fully saturated rings. The predicted octanol–water partition coefficient (Wildman–Crippen LogP) is 4.88. The lowest BCUT2D eigenvalue weighted by Crippen LogP contribution is -2.19. The molecule has 2 amide bonds. The zero-order valence-electron chi connectivity index (χ0n) is 11.7. The molecule has 0 aliphatic heterocycles. The number of para-hydroxylation sites is 1. The van der Waals surface area contributed by atoms with Gasteiger partial charge < -0.3 is 15.2 Å². The van der Waals surface area contributed by atoms with Crippen LogP contribution in [0.5, 0.6) is 0 Å². The molecule has 0 saturated heterocycles. The maximum atomic E-state index is 12.0. The Balaban J connectivity index is 1.66. The minimum atomic E-state index is -0.277. The number of halogens is 1. The van der Waals surface area contributed by atoms with Crippen LogP contribution in [0.2, 0.25) is 0 Å². The van der Waals surface area contributed by atoms with Gasteiger partial charge in [-0.1, -0.05) is 12.1 Å². The molecule has 1 heterocycles. The molecule has 0 saturated carbocycles. The van der Waals surface area contributed by atoms with Gasteiger partial charge >= 0.3 is 6.03 Å². The lowest BCUT2D eigenvalue weighted by Gasteiger charge is -2.10. The maximum Gasteiger partial charge on any atom is 0.323 e. The highest BCUT2D eigenvalue weighted by molar-refractivity contribution is 9.10. The highest BCUT2D eigenvalue weighted by Gasteiger charge is 2.05. The number of benzene rings is 2. The van der Waals surface area contributed by atoms with Gasteiger partial charge in [0.25, 0.3) is 0 Å². The molecule has 3 aromatic rings. The fraction of sp³-hybridized carbons (Fsp3) is 0. The second-order valence-corrected chi connectivity index (χ2v) is 5.55. The maximum absolute atomic E-state index is 12.0. The molecule has 1 aromatic heterocycles. The monoisotopic (exact) mass is 355 g/mol. The zero-order valence-corrected chi connectivity index (χ0v) is 13.2. The van der Waals surface area contributed by atoms with Crippen LogP contribution in [0.3, 0.4) is 0 Å². The first-order valence-corrected chi connectivity index (χ1v) is 7.57. The SMILES string of the molecule is O=C(Nc1ccc(-n2cccc2)cc1)Nc1ccccc1Br. The van der Waals surface area contributed by atoms with Gasteiger partial charge in [-0.3, -0.25) is 0 Å². The molecule has 0 atom stereocenters. The molecule has 5 heteroatoms. The van der Waals surface area contributed by atoms with E-state index in [1.54, 1.807) is 0 Å². The van der Waals surface area contributed by atoms with Gasteiger partial charge in [0.15, 0.2) is 0 Å². The molecule has 0 bridgehead atoms. The first-order valence-electron chi connectivity index (χ1n) is 6.78. The molecule has 0 aliphatic rings. The number of hydrogen-bond acceptors (Lipinski definition) is 1. The van der Waals surface area contributed by atoms with Crippen molar-refractivity contribution in [1.29, 1.82) is 0 Å². The second-order valence-electron chi connectivity index (χ2n) is 4.70. The van der Waals surface area contributed by atoms with Crippen LogP contribution in [0.15, 0.2) is 77.5 Å². The quantitative estimate of drug-likeness (QED) is 0.690. The Morgan fingerprint density at radius 2 is 1.55 bits per heavy atom. The van der Waals surface area contributed by atoms with Crippen LogP contribution in [0.25, 0.3) is 5.69 Å². The topological polar surface area (TPSA) is 46.1 Å². The standard InChI is InChI=1S/C17H14BrN3O/c18-15-5-1-2-6-16(15)20-17(22)19-13-7-9-14(10-8-13)21-11-3-4-12-21/h1-12H,(H2,19,20,22). The summed E-state index contributed by atoms with van der Waals surface area (Å²) in [6.45, 7) is 0. The van der Waals surface area contributed by atoms with Gasteiger partial charge in [-0.15, -0.1) is 0 Å². The number of rotatable bonds is 3. The van der Waals surface area contributed by atoms with E-state index in [-0.39, 0.29) is 6.03 Å². The summed E-state index contributed by atoms with van der Waals surface area (Å²) in [7, 11) is 0. The van der Waals surface area contributed by atoms with Gasteiger partial charge in [0.1, 0.15) is 0 Å². The third-order valence-corrected chi connectivity index (χ3v) is 3.84. The number of carbonyl (C=O) groups is 1. The van der Waals surface area contributed by atoms with E-state index in [1.165, 1.54) is 0 Å². The van der Waals surface area contributed by atoms with E-state index in [1.807, 2.05) is 77.6 Å². The van der Waals surface area contributed by atoms with Crippen molar-refractivity contribution >= 4 is 33.3 Å². The summed E-state index contributed by atoms with van der Waals surface area (Å²) >= 11 is 3.40. The zero-order chi connectivity index (χ0) is 15.4. The third kappa shape index (κ3) is 3.38. The number of urea groups is 1. The summed E-state index contributed by atoms with van der Waals surface area (Å²) in [5.74, 6) is 0. The Kier molecular flexibility index (Phi) is 4.25. The van der Waals surface area contributed by atoms with Gasteiger partial charge in [-0.05, 0) is 64.5 Å². The highest BCUT2D eigenvalue weighted by Crippen LogP contribution is 2.21. The van der Waals surface area contributed by atoms with E-state index in [0.717, 1.165) is 21.5 Å². The summed E-state index contributed by atoms with van der Waals surface area (Å²) in [4.78, 5) is 12.0. The number of nitrogens with zero attached hydrogens (tertiary/aromatic N) is 1. The summed E-state index contributed by atoms with van der Waals surface area (Å²) in [5.41, 5.74) is 2.51. The van der Waals surface area contributed by atoms with Crippen LogP contribution in [0.1, 0.15) is 0 Å². The minimum absolute atomic E-state index is 0.277. The Hall–Kier alpha value is -2.53. The lowest BCUT2D eigenvalue weighted by molar-refractivity contribution is 0.262. The van der Waals surface area contributed by atoms with Gasteiger partial charge in [0, 0.05) is 28.2 Å². The van der Waals surface area contributed by atoms with Crippen molar-refractivity contribution in [2.45, 2.75) is 0 Å². The summed E-state index contributed by atoms with van der Waals surface area (Å²) in [6.07, 6.45) is 3.95. The summed E-state index contributed by atoms with van der Waals surface area (Å²) < 4.78 is 2.85. The van der Waals surface area contributed by atoms with Crippen LogP contribution < -0.4 is 10.6 Å². The average molecular weight is 356 g/mol. The van der Waals surface area contributed by atoms with Gasteiger partial charge in [0.2, 0.25) is 0 Å². The molecule has 0 radical (unpaired) electrons. The molecular weight excluding hydrogens is 342 g/mol. The van der Waals surface area contributed by atoms with Crippen molar-refractivity contribution in [3.63, 3.8) is 0 Å². The molecule has 4 nitrogen and oxygen atoms in total. The molecule has 2 N–H and O–H groups in total. The van der Waals surface area contributed by atoms with Gasteiger partial charge in [-0.25, -0.2) is 4.79 Å². The van der Waals surface area contributed by atoms with Gasteiger partial charge in [-0.2, -0.15) is 0 Å². The number of amides is 2. The molecule has 2 aromatic carbocycles. The van der Waals surface area contributed by atoms with Crippen molar-refractivity contribution in [3.05, 3.63) is 77.5 Å². The van der Waals surface area contributed by atoms with E-state index in [2.05, 4.69) is 26.6 Å². The van der Waals surface area contributed by atoms with Gasteiger partial charge in [0.05, 0.1) is 5.69 Å². The van der Waals surface area contributed by atoms with Crippen molar-refractivity contribution in [2.75, 3.05) is 10.6 Å². The Bertz CT molecular complexity index is 767. The summed E-state index contributed by atoms with van der Waals surface area (Å²) in [5, 5.41) is 5.61. The first-order chi connectivity index (χ1) is 10.7. The summed E-state index contributed by atoms with van der Waals surface area (Å²) in [6, 6.07) is 18.8. The van der Waals surface area contributed by atoms with E-state index >= 15 is 0 Å². The van der Waals surface area contributed by atoms with E-state index < -0.39 is 0 Å². The fourth-order valence-corrected chi connectivity index (χ4v) is 2.45. The van der Waals surface area contributed by atoms with E-state index in [4.69, 9.17) is 0 Å². The van der Waals surface area contributed by atoms with Crippen molar-refractivity contribution < 1.29 is 4.79 Å². The van der Waals surface area contributed by atoms with Crippen molar-refractivity contribution in [2.24, 2.45) is 0 Å². The molecule has 0 unspecified atom stereocenters. The molecule has 22 heavy (non-hydrogen) atoms. The average Bonchev–Trinajstić information content (AvgIpc) is 3.05. The largest absolute Gasteiger partial charge is 0.324 e. The number of hydrogen-bond donors (Lipinski definition) is 2. The molecule has 110 valence electrons. The van der Waals surface area contributed by atoms with E-state index in [9.17, 15) is 4.79 Å². The van der Waals surface area contributed by atoms with Crippen molar-refractivity contribution in [1.82, 2.24) is 4.57 Å². The van der Waals surface area contributed by atoms with Crippen LogP contribution in [-0.2, 0) is 0 Å². The lowest BCUT2D eigenvalue weighted by atomic mass is 10.3. The van der Waals surface area contributed by atoms with Crippen LogP contribution in [0.4, 0.5) is 16.2 Å². The predicted molar refractivity (Wildman–Crippen MR) is 92.6 cm³/mol. The fourth-order valence-electron chi connectivity index (χ4n) is 2.07. The van der Waals surface area contributed by atoms with Crippen molar-refractivity contribution in [3.8, 4) is 5.69 Å². The Morgan fingerprint density at radius 1 is 0.864 bits per heavy atom. The normalized spacial score (nSPS) is 10.2. The number of anilines is 2.